The molecule has 6 rings (SSSR count). The van der Waals surface area contributed by atoms with E-state index in [4.69, 9.17) is 9.51 Å². The lowest BCUT2D eigenvalue weighted by Crippen LogP contribution is -2.49. The van der Waals surface area contributed by atoms with Gasteiger partial charge in [0.15, 0.2) is 5.82 Å². The molecule has 4 nitrogen and oxygen atoms in total. The summed E-state index contributed by atoms with van der Waals surface area (Å²) in [5.41, 5.74) is 0.277. The number of nitrogens with one attached hydrogen (secondary N) is 1. The van der Waals surface area contributed by atoms with Crippen LogP contribution in [0.25, 0.3) is 0 Å². The number of rotatable bonds is 3. The quantitative estimate of drug-likeness (QED) is 0.927. The van der Waals surface area contributed by atoms with Crippen LogP contribution >= 0.6 is 12.4 Å². The topological polar surface area (TPSA) is 51.0 Å². The second-order valence-electron chi connectivity index (χ2n) is 8.21. The summed E-state index contributed by atoms with van der Waals surface area (Å²) in [5.74, 6) is 4.73. The average Bonchev–Trinajstić information content (AvgIpc) is 3.09. The number of hydrogen-bond donors (Lipinski definition) is 1. The Morgan fingerprint density at radius 2 is 1.77 bits per heavy atom. The van der Waals surface area contributed by atoms with Crippen LogP contribution in [-0.2, 0) is 11.8 Å². The fourth-order valence-corrected chi connectivity index (χ4v) is 6.08. The molecule has 1 unspecified atom stereocenters. The molecule has 2 heterocycles. The molecule has 4 bridgehead atoms. The molecular formula is C17H26ClN3O. The third-order valence-corrected chi connectivity index (χ3v) is 6.56. The summed E-state index contributed by atoms with van der Waals surface area (Å²) in [7, 11) is 0. The van der Waals surface area contributed by atoms with Crippen molar-refractivity contribution in [2.24, 2.45) is 17.8 Å². The van der Waals surface area contributed by atoms with Gasteiger partial charge in [-0.25, -0.2) is 0 Å². The van der Waals surface area contributed by atoms with Gasteiger partial charge < -0.3 is 9.84 Å². The lowest BCUT2D eigenvalue weighted by Gasteiger charge is -2.55. The Balaban J connectivity index is 0.00000125. The first-order chi connectivity index (χ1) is 10.3. The van der Waals surface area contributed by atoms with E-state index < -0.39 is 0 Å². The maximum Gasteiger partial charge on any atom is 0.228 e. The largest absolute Gasteiger partial charge is 0.339 e. The minimum absolute atomic E-state index is 0. The van der Waals surface area contributed by atoms with Gasteiger partial charge in [0.1, 0.15) is 0 Å². The second kappa shape index (κ2) is 5.48. The summed E-state index contributed by atoms with van der Waals surface area (Å²) in [5, 5.41) is 7.96. The lowest BCUT2D eigenvalue weighted by molar-refractivity contribution is -0.0103. The number of nitrogens with zero attached hydrogens (tertiary/aromatic N) is 2. The van der Waals surface area contributed by atoms with Crippen LogP contribution in [0.5, 0.6) is 0 Å². The van der Waals surface area contributed by atoms with Gasteiger partial charge in [-0.2, -0.15) is 4.98 Å². The Bertz CT molecular complexity index is 502. The van der Waals surface area contributed by atoms with Gasteiger partial charge in [-0.1, -0.05) is 5.16 Å². The van der Waals surface area contributed by atoms with Crippen molar-refractivity contribution >= 4 is 12.4 Å². The van der Waals surface area contributed by atoms with Gasteiger partial charge in [0.05, 0.1) is 0 Å². The Morgan fingerprint density at radius 3 is 2.36 bits per heavy atom. The van der Waals surface area contributed by atoms with Crippen LogP contribution < -0.4 is 5.32 Å². The van der Waals surface area contributed by atoms with Crippen molar-refractivity contribution < 1.29 is 4.52 Å². The van der Waals surface area contributed by atoms with Crippen molar-refractivity contribution in [2.45, 2.75) is 69.2 Å². The SMILES string of the molecule is C1CNC(Cc2nc(C34CC5CC(CC(C5)C3)C4)no2)C1.Cl. The van der Waals surface area contributed by atoms with E-state index in [1.807, 2.05) is 0 Å². The van der Waals surface area contributed by atoms with Gasteiger partial charge in [0.25, 0.3) is 0 Å². The van der Waals surface area contributed by atoms with Gasteiger partial charge in [0.2, 0.25) is 5.89 Å². The minimum atomic E-state index is 0. The summed E-state index contributed by atoms with van der Waals surface area (Å²) < 4.78 is 5.61. The van der Waals surface area contributed by atoms with Crippen molar-refractivity contribution in [1.29, 1.82) is 0 Å². The van der Waals surface area contributed by atoms with E-state index in [1.165, 1.54) is 51.4 Å². The molecule has 5 fully saturated rings. The number of hydrogen-bond acceptors (Lipinski definition) is 4. The highest BCUT2D eigenvalue weighted by molar-refractivity contribution is 5.85. The van der Waals surface area contributed by atoms with E-state index in [1.54, 1.807) is 0 Å². The zero-order chi connectivity index (χ0) is 13.9. The van der Waals surface area contributed by atoms with Crippen molar-refractivity contribution in [1.82, 2.24) is 15.5 Å². The third kappa shape index (κ3) is 2.39. The summed E-state index contributed by atoms with van der Waals surface area (Å²) in [6, 6.07) is 0.551. The molecule has 5 aliphatic rings. The highest BCUT2D eigenvalue weighted by Crippen LogP contribution is 2.60. The van der Waals surface area contributed by atoms with Crippen molar-refractivity contribution in [3.05, 3.63) is 11.7 Å². The molecular weight excluding hydrogens is 298 g/mol. The van der Waals surface area contributed by atoms with E-state index in [0.717, 1.165) is 42.4 Å². The molecule has 0 spiro atoms. The number of aromatic nitrogens is 2. The summed E-state index contributed by atoms with van der Waals surface area (Å²) in [6.07, 6.45) is 11.8. The maximum atomic E-state index is 5.61. The summed E-state index contributed by atoms with van der Waals surface area (Å²) in [4.78, 5) is 4.85. The monoisotopic (exact) mass is 323 g/mol. The van der Waals surface area contributed by atoms with Gasteiger partial charge >= 0.3 is 0 Å². The van der Waals surface area contributed by atoms with E-state index in [2.05, 4.69) is 10.5 Å². The van der Waals surface area contributed by atoms with Crippen LogP contribution in [0.15, 0.2) is 4.52 Å². The van der Waals surface area contributed by atoms with Gasteiger partial charge in [-0.05, 0) is 75.7 Å². The Morgan fingerprint density at radius 1 is 1.09 bits per heavy atom. The average molecular weight is 324 g/mol. The van der Waals surface area contributed by atoms with Crippen LogP contribution in [0.2, 0.25) is 0 Å². The normalized spacial score (nSPS) is 42.5. The first kappa shape index (κ1) is 14.9. The molecule has 22 heavy (non-hydrogen) atoms. The molecule has 4 aliphatic carbocycles. The summed E-state index contributed by atoms with van der Waals surface area (Å²) in [6.45, 7) is 1.14. The molecule has 4 saturated carbocycles. The molecule has 0 radical (unpaired) electrons. The van der Waals surface area contributed by atoms with Gasteiger partial charge in [-0.3, -0.25) is 0 Å². The lowest BCUT2D eigenvalue weighted by atomic mass is 9.49. The molecule has 0 aromatic carbocycles. The molecule has 5 heteroatoms. The minimum Gasteiger partial charge on any atom is -0.339 e. The first-order valence-corrected chi connectivity index (χ1v) is 8.85. The first-order valence-electron chi connectivity index (χ1n) is 8.85. The molecule has 1 atom stereocenters. The molecule has 1 N–H and O–H groups in total. The molecule has 1 aliphatic heterocycles. The van der Waals surface area contributed by atoms with E-state index in [0.29, 0.717) is 6.04 Å². The molecule has 122 valence electrons. The summed E-state index contributed by atoms with van der Waals surface area (Å²) >= 11 is 0. The molecule has 1 saturated heterocycles. The van der Waals surface area contributed by atoms with E-state index in [-0.39, 0.29) is 17.8 Å². The highest BCUT2D eigenvalue weighted by Gasteiger charge is 2.53. The molecule has 1 aromatic rings. The Hall–Kier alpha value is -0.610. The van der Waals surface area contributed by atoms with Crippen LogP contribution in [0.1, 0.15) is 63.1 Å². The van der Waals surface area contributed by atoms with E-state index >= 15 is 0 Å². The standard InChI is InChI=1S/C17H25N3O.ClH/c1-2-14(18-3-1)7-15-19-16(20-21-15)17-8-11-4-12(9-17)6-13(5-11)10-17;/h11-14,18H,1-10H2;1H. The predicted molar refractivity (Wildman–Crippen MR) is 86.1 cm³/mol. The van der Waals surface area contributed by atoms with Crippen LogP contribution in [0, 0.1) is 17.8 Å². The zero-order valence-corrected chi connectivity index (χ0v) is 13.9. The highest BCUT2D eigenvalue weighted by atomic mass is 35.5. The van der Waals surface area contributed by atoms with Crippen LogP contribution in [0.4, 0.5) is 0 Å². The molecule has 1 aromatic heterocycles. The molecule has 0 amide bonds. The van der Waals surface area contributed by atoms with Gasteiger partial charge in [0, 0.05) is 17.9 Å². The van der Waals surface area contributed by atoms with Gasteiger partial charge in [-0.15, -0.1) is 12.4 Å². The maximum absolute atomic E-state index is 5.61. The third-order valence-electron chi connectivity index (χ3n) is 6.56. The Labute approximate surface area is 138 Å². The van der Waals surface area contributed by atoms with Crippen molar-refractivity contribution in [3.63, 3.8) is 0 Å². The fraction of sp³-hybridized carbons (Fsp3) is 0.882. The fourth-order valence-electron chi connectivity index (χ4n) is 6.08. The van der Waals surface area contributed by atoms with Crippen molar-refractivity contribution in [2.75, 3.05) is 6.54 Å². The Kier molecular flexibility index (Phi) is 3.73. The zero-order valence-electron chi connectivity index (χ0n) is 13.1. The van der Waals surface area contributed by atoms with Crippen LogP contribution in [-0.4, -0.2) is 22.7 Å². The number of halogens is 1. The second-order valence-corrected chi connectivity index (χ2v) is 8.21. The predicted octanol–water partition coefficient (Wildman–Crippen LogP) is 3.25. The van der Waals surface area contributed by atoms with Crippen molar-refractivity contribution in [3.8, 4) is 0 Å². The smallest absolute Gasteiger partial charge is 0.228 e. The van der Waals surface area contributed by atoms with E-state index in [9.17, 15) is 0 Å². The van der Waals surface area contributed by atoms with Crippen LogP contribution in [0.3, 0.4) is 0 Å².